The largest absolute Gasteiger partial charge is 0.506 e. The standard InChI is InChI=1S/C17H18N2O5/c20-10-14(16(22)18-13-8-4-5-9-15(13)21)19-17(23)24-11-12-6-2-1-3-7-12/h1-9,14,20-21H,10-11H2,(H,18,22)(H,19,23)/t14-/m0/s1. The van der Waals surface area contributed by atoms with Gasteiger partial charge in [-0.1, -0.05) is 42.5 Å². The molecule has 0 heterocycles. The molecule has 1 atom stereocenters. The third-order valence-corrected chi connectivity index (χ3v) is 3.17. The van der Waals surface area contributed by atoms with Crippen LogP contribution in [-0.2, 0) is 16.1 Å². The first-order valence-corrected chi connectivity index (χ1v) is 7.27. The van der Waals surface area contributed by atoms with Crippen molar-refractivity contribution in [1.82, 2.24) is 5.32 Å². The number of aromatic hydroxyl groups is 1. The molecule has 0 unspecified atom stereocenters. The Kier molecular flexibility index (Phi) is 6.16. The number of hydrogen-bond acceptors (Lipinski definition) is 5. The minimum absolute atomic E-state index is 0.0475. The molecule has 0 aliphatic carbocycles. The summed E-state index contributed by atoms with van der Waals surface area (Å²) in [4.78, 5) is 23.8. The maximum Gasteiger partial charge on any atom is 0.408 e. The third kappa shape index (κ3) is 4.99. The fourth-order valence-electron chi connectivity index (χ4n) is 1.90. The van der Waals surface area contributed by atoms with E-state index in [0.29, 0.717) is 0 Å². The molecule has 24 heavy (non-hydrogen) atoms. The van der Waals surface area contributed by atoms with Gasteiger partial charge in [-0.2, -0.15) is 0 Å². The van der Waals surface area contributed by atoms with Crippen LogP contribution in [0.1, 0.15) is 5.56 Å². The molecule has 2 rings (SSSR count). The number of hydrogen-bond donors (Lipinski definition) is 4. The number of amides is 2. The normalized spacial score (nSPS) is 11.4. The molecule has 7 nitrogen and oxygen atoms in total. The first kappa shape index (κ1) is 17.3. The monoisotopic (exact) mass is 330 g/mol. The molecule has 2 amide bonds. The minimum Gasteiger partial charge on any atom is -0.506 e. The van der Waals surface area contributed by atoms with Crippen molar-refractivity contribution in [3.05, 3.63) is 60.2 Å². The molecule has 0 aromatic heterocycles. The van der Waals surface area contributed by atoms with Crippen LogP contribution in [0.4, 0.5) is 10.5 Å². The highest BCUT2D eigenvalue weighted by Crippen LogP contribution is 2.21. The van der Waals surface area contributed by atoms with Crippen LogP contribution in [0.15, 0.2) is 54.6 Å². The number of phenolic OH excluding ortho intramolecular Hbond substituents is 1. The topological polar surface area (TPSA) is 108 Å². The van der Waals surface area contributed by atoms with E-state index in [1.165, 1.54) is 12.1 Å². The second-order valence-corrected chi connectivity index (χ2v) is 4.95. The summed E-state index contributed by atoms with van der Waals surface area (Å²) in [7, 11) is 0. The van der Waals surface area contributed by atoms with Crippen LogP contribution in [0.3, 0.4) is 0 Å². The van der Waals surface area contributed by atoms with Crippen LogP contribution < -0.4 is 10.6 Å². The van der Waals surface area contributed by atoms with Crippen molar-refractivity contribution in [2.45, 2.75) is 12.6 Å². The van der Waals surface area contributed by atoms with Crippen molar-refractivity contribution < 1.29 is 24.5 Å². The van der Waals surface area contributed by atoms with Crippen molar-refractivity contribution in [2.24, 2.45) is 0 Å². The molecule has 2 aromatic carbocycles. The molecule has 0 saturated heterocycles. The van der Waals surface area contributed by atoms with Crippen LogP contribution in [-0.4, -0.2) is 34.9 Å². The number of aliphatic hydroxyl groups excluding tert-OH is 1. The van der Waals surface area contributed by atoms with E-state index in [2.05, 4.69) is 10.6 Å². The third-order valence-electron chi connectivity index (χ3n) is 3.17. The van der Waals surface area contributed by atoms with E-state index < -0.39 is 24.6 Å². The highest BCUT2D eigenvalue weighted by atomic mass is 16.5. The number of para-hydroxylation sites is 2. The van der Waals surface area contributed by atoms with Crippen LogP contribution >= 0.6 is 0 Å². The maximum atomic E-state index is 12.1. The minimum atomic E-state index is -1.20. The van der Waals surface area contributed by atoms with E-state index in [-0.39, 0.29) is 18.0 Å². The molecule has 7 heteroatoms. The molecule has 4 N–H and O–H groups in total. The van der Waals surface area contributed by atoms with Gasteiger partial charge in [0, 0.05) is 0 Å². The first-order valence-electron chi connectivity index (χ1n) is 7.27. The summed E-state index contributed by atoms with van der Waals surface area (Å²) in [6.45, 7) is -0.564. The van der Waals surface area contributed by atoms with Gasteiger partial charge in [0.05, 0.1) is 12.3 Å². The summed E-state index contributed by atoms with van der Waals surface area (Å²) in [5, 5.41) is 23.6. The van der Waals surface area contributed by atoms with Crippen molar-refractivity contribution in [2.75, 3.05) is 11.9 Å². The van der Waals surface area contributed by atoms with Crippen molar-refractivity contribution in [1.29, 1.82) is 0 Å². The number of alkyl carbamates (subject to hydrolysis) is 1. The van der Waals surface area contributed by atoms with Crippen LogP contribution in [0.25, 0.3) is 0 Å². The second kappa shape index (κ2) is 8.54. The number of benzene rings is 2. The highest BCUT2D eigenvalue weighted by molar-refractivity contribution is 5.97. The van der Waals surface area contributed by atoms with Gasteiger partial charge in [-0.15, -0.1) is 0 Å². The zero-order valence-corrected chi connectivity index (χ0v) is 12.8. The van der Waals surface area contributed by atoms with E-state index in [4.69, 9.17) is 4.74 Å². The Hall–Kier alpha value is -3.06. The van der Waals surface area contributed by atoms with Gasteiger partial charge in [-0.25, -0.2) is 4.79 Å². The van der Waals surface area contributed by atoms with E-state index in [0.717, 1.165) is 5.56 Å². The molecule has 0 bridgehead atoms. The predicted octanol–water partition coefficient (Wildman–Crippen LogP) is 1.62. The zero-order chi connectivity index (χ0) is 17.4. The van der Waals surface area contributed by atoms with Gasteiger partial charge >= 0.3 is 6.09 Å². The molecule has 0 radical (unpaired) electrons. The number of ether oxygens (including phenoxy) is 1. The highest BCUT2D eigenvalue weighted by Gasteiger charge is 2.21. The summed E-state index contributed by atoms with van der Waals surface area (Å²) in [6.07, 6.45) is -0.828. The van der Waals surface area contributed by atoms with Gasteiger partial charge < -0.3 is 25.6 Å². The summed E-state index contributed by atoms with van der Waals surface area (Å²) >= 11 is 0. The summed E-state index contributed by atoms with van der Waals surface area (Å²) in [5.74, 6) is -0.787. The number of anilines is 1. The summed E-state index contributed by atoms with van der Waals surface area (Å²) in [6, 6.07) is 14.0. The van der Waals surface area contributed by atoms with Crippen LogP contribution in [0.2, 0.25) is 0 Å². The lowest BCUT2D eigenvalue weighted by molar-refractivity contribution is -0.118. The lowest BCUT2D eigenvalue weighted by Crippen LogP contribution is -2.46. The number of aliphatic hydroxyl groups is 1. The number of rotatable bonds is 6. The molecular formula is C17H18N2O5. The predicted molar refractivity (Wildman–Crippen MR) is 87.4 cm³/mol. The Morgan fingerprint density at radius 3 is 2.38 bits per heavy atom. The second-order valence-electron chi connectivity index (χ2n) is 4.95. The van der Waals surface area contributed by atoms with Gasteiger partial charge in [0.1, 0.15) is 18.4 Å². The van der Waals surface area contributed by atoms with Gasteiger partial charge in [-0.05, 0) is 17.7 Å². The first-order chi connectivity index (χ1) is 11.6. The van der Waals surface area contributed by atoms with E-state index in [9.17, 15) is 19.8 Å². The van der Waals surface area contributed by atoms with Crippen molar-refractivity contribution in [3.63, 3.8) is 0 Å². The Morgan fingerprint density at radius 1 is 1.04 bits per heavy atom. The Balaban J connectivity index is 1.87. The quantitative estimate of drug-likeness (QED) is 0.602. The molecule has 0 aliphatic heterocycles. The number of nitrogens with one attached hydrogen (secondary N) is 2. The Bertz CT molecular complexity index is 690. The average molecular weight is 330 g/mol. The summed E-state index contributed by atoms with van der Waals surface area (Å²) < 4.78 is 4.99. The lowest BCUT2D eigenvalue weighted by atomic mass is 10.2. The van der Waals surface area contributed by atoms with E-state index in [1.54, 1.807) is 24.3 Å². The van der Waals surface area contributed by atoms with Crippen LogP contribution in [0.5, 0.6) is 5.75 Å². The number of carbonyl (C=O) groups is 2. The molecule has 0 aliphatic rings. The Morgan fingerprint density at radius 2 is 1.71 bits per heavy atom. The lowest BCUT2D eigenvalue weighted by Gasteiger charge is -2.16. The molecule has 126 valence electrons. The number of phenols is 1. The molecule has 0 spiro atoms. The maximum absolute atomic E-state index is 12.1. The fourth-order valence-corrected chi connectivity index (χ4v) is 1.90. The smallest absolute Gasteiger partial charge is 0.408 e. The molecular weight excluding hydrogens is 312 g/mol. The van der Waals surface area contributed by atoms with Crippen molar-refractivity contribution >= 4 is 17.7 Å². The van der Waals surface area contributed by atoms with E-state index >= 15 is 0 Å². The number of carbonyl (C=O) groups excluding carboxylic acids is 2. The fraction of sp³-hybridized carbons (Fsp3) is 0.176. The Labute approximate surface area is 138 Å². The SMILES string of the molecule is O=C(N[C@@H](CO)C(=O)Nc1ccccc1O)OCc1ccccc1. The molecule has 2 aromatic rings. The van der Waals surface area contributed by atoms with Gasteiger partial charge in [-0.3, -0.25) is 4.79 Å². The summed E-state index contributed by atoms with van der Waals surface area (Å²) in [5.41, 5.74) is 0.979. The zero-order valence-electron chi connectivity index (χ0n) is 12.8. The van der Waals surface area contributed by atoms with Crippen molar-refractivity contribution in [3.8, 4) is 5.75 Å². The average Bonchev–Trinajstić information content (AvgIpc) is 2.60. The van der Waals surface area contributed by atoms with Gasteiger partial charge in [0.2, 0.25) is 5.91 Å². The van der Waals surface area contributed by atoms with E-state index in [1.807, 2.05) is 18.2 Å². The van der Waals surface area contributed by atoms with Gasteiger partial charge in [0.15, 0.2) is 0 Å². The molecule has 0 saturated carbocycles. The van der Waals surface area contributed by atoms with Crippen LogP contribution in [0, 0.1) is 0 Å². The molecule has 0 fully saturated rings. The van der Waals surface area contributed by atoms with Gasteiger partial charge in [0.25, 0.3) is 0 Å².